The Balaban J connectivity index is 1.73. The first-order chi connectivity index (χ1) is 8.74. The summed E-state index contributed by atoms with van der Waals surface area (Å²) in [7, 11) is 0. The van der Waals surface area contributed by atoms with E-state index in [9.17, 15) is 4.79 Å². The van der Waals surface area contributed by atoms with Gasteiger partial charge in [-0.25, -0.2) is 0 Å². The third-order valence-electron chi connectivity index (χ3n) is 3.63. The molecule has 2 nitrogen and oxygen atoms in total. The van der Waals surface area contributed by atoms with Crippen LogP contribution in [-0.4, -0.2) is 5.91 Å². The van der Waals surface area contributed by atoms with Gasteiger partial charge in [0, 0.05) is 16.6 Å². The summed E-state index contributed by atoms with van der Waals surface area (Å²) in [5, 5.41) is 2.95. The fourth-order valence-corrected chi connectivity index (χ4v) is 2.83. The van der Waals surface area contributed by atoms with Crippen LogP contribution in [0.2, 0.25) is 0 Å². The van der Waals surface area contributed by atoms with E-state index in [4.69, 9.17) is 0 Å². The molecule has 1 N–H and O–H groups in total. The van der Waals surface area contributed by atoms with E-state index < -0.39 is 0 Å². The Labute approximate surface area is 117 Å². The molecule has 1 saturated carbocycles. The molecule has 1 fully saturated rings. The maximum Gasteiger partial charge on any atom is 0.224 e. The highest BCUT2D eigenvalue weighted by Gasteiger charge is 2.14. The van der Waals surface area contributed by atoms with Crippen LogP contribution in [0.3, 0.4) is 0 Å². The first-order valence-corrected chi connectivity index (χ1v) is 7.59. The van der Waals surface area contributed by atoms with Crippen LogP contribution < -0.4 is 5.32 Å². The van der Waals surface area contributed by atoms with Gasteiger partial charge in [-0.15, -0.1) is 0 Å². The molecule has 18 heavy (non-hydrogen) atoms. The molecule has 98 valence electrons. The maximum atomic E-state index is 11.8. The van der Waals surface area contributed by atoms with Crippen molar-refractivity contribution in [3.05, 3.63) is 28.7 Å². The van der Waals surface area contributed by atoms with E-state index in [1.165, 1.54) is 32.1 Å². The van der Waals surface area contributed by atoms with E-state index in [2.05, 4.69) is 21.2 Å². The minimum Gasteiger partial charge on any atom is -0.326 e. The second kappa shape index (κ2) is 6.93. The van der Waals surface area contributed by atoms with Gasteiger partial charge >= 0.3 is 0 Å². The van der Waals surface area contributed by atoms with E-state index >= 15 is 0 Å². The summed E-state index contributed by atoms with van der Waals surface area (Å²) >= 11 is 3.38. The van der Waals surface area contributed by atoms with Crippen molar-refractivity contribution in [1.82, 2.24) is 0 Å². The van der Waals surface area contributed by atoms with Crippen molar-refractivity contribution in [3.8, 4) is 0 Å². The molecule has 3 heteroatoms. The second-order valence-corrected chi connectivity index (χ2v) is 6.01. The Morgan fingerprint density at radius 3 is 2.50 bits per heavy atom. The number of hydrogen-bond donors (Lipinski definition) is 1. The van der Waals surface area contributed by atoms with Gasteiger partial charge in [0.25, 0.3) is 0 Å². The highest BCUT2D eigenvalue weighted by molar-refractivity contribution is 9.10. The van der Waals surface area contributed by atoms with Gasteiger partial charge in [-0.2, -0.15) is 0 Å². The Kier molecular flexibility index (Phi) is 5.24. The monoisotopic (exact) mass is 309 g/mol. The molecule has 2 rings (SSSR count). The number of nitrogens with one attached hydrogen (secondary N) is 1. The number of rotatable bonds is 4. The third kappa shape index (κ3) is 4.45. The zero-order valence-corrected chi connectivity index (χ0v) is 12.2. The first kappa shape index (κ1) is 13.6. The summed E-state index contributed by atoms with van der Waals surface area (Å²) in [6.45, 7) is 0. The van der Waals surface area contributed by atoms with Crippen LogP contribution in [0.15, 0.2) is 28.7 Å². The van der Waals surface area contributed by atoms with Crippen molar-refractivity contribution in [2.24, 2.45) is 5.92 Å². The molecule has 0 radical (unpaired) electrons. The minimum absolute atomic E-state index is 0.142. The number of anilines is 1. The average Bonchev–Trinajstić information content (AvgIpc) is 2.40. The van der Waals surface area contributed by atoms with Gasteiger partial charge in [0.1, 0.15) is 0 Å². The maximum absolute atomic E-state index is 11.8. The number of halogens is 1. The Hall–Kier alpha value is -0.830. The highest BCUT2D eigenvalue weighted by Crippen LogP contribution is 2.27. The minimum atomic E-state index is 0.142. The van der Waals surface area contributed by atoms with Gasteiger partial charge in [0.05, 0.1) is 0 Å². The smallest absolute Gasteiger partial charge is 0.224 e. The molecule has 0 aliphatic heterocycles. The van der Waals surface area contributed by atoms with E-state index in [-0.39, 0.29) is 5.91 Å². The number of carbonyl (C=O) groups excluding carboxylic acids is 1. The molecule has 1 aliphatic rings. The summed E-state index contributed by atoms with van der Waals surface area (Å²) in [6.07, 6.45) is 8.39. The van der Waals surface area contributed by atoms with Gasteiger partial charge in [0.15, 0.2) is 0 Å². The summed E-state index contributed by atoms with van der Waals surface area (Å²) in [5.41, 5.74) is 0.881. The molecule has 0 aromatic heterocycles. The van der Waals surface area contributed by atoms with E-state index in [1.807, 2.05) is 24.3 Å². The van der Waals surface area contributed by atoms with Crippen LogP contribution in [-0.2, 0) is 4.79 Å². The Bertz CT molecular complexity index is 382. The molecular weight excluding hydrogens is 290 g/mol. The SMILES string of the molecule is O=C(CCC1CCCCC1)Nc1ccc(Br)cc1. The number of hydrogen-bond acceptors (Lipinski definition) is 1. The van der Waals surface area contributed by atoms with Crippen LogP contribution in [0.5, 0.6) is 0 Å². The van der Waals surface area contributed by atoms with Gasteiger partial charge < -0.3 is 5.32 Å². The lowest BCUT2D eigenvalue weighted by Crippen LogP contribution is -2.14. The molecule has 1 aromatic rings. The van der Waals surface area contributed by atoms with Crippen LogP contribution in [0, 0.1) is 5.92 Å². The fraction of sp³-hybridized carbons (Fsp3) is 0.533. The average molecular weight is 310 g/mol. The molecule has 1 aromatic carbocycles. The molecular formula is C15H20BrNO. The van der Waals surface area contributed by atoms with E-state index in [1.54, 1.807) is 0 Å². The number of carbonyl (C=O) groups is 1. The predicted octanol–water partition coefficient (Wildman–Crippen LogP) is 4.75. The number of benzene rings is 1. The van der Waals surface area contributed by atoms with Gasteiger partial charge in [-0.05, 0) is 36.6 Å². The van der Waals surface area contributed by atoms with Crippen LogP contribution in [0.1, 0.15) is 44.9 Å². The zero-order chi connectivity index (χ0) is 12.8. The van der Waals surface area contributed by atoms with Gasteiger partial charge in [0.2, 0.25) is 5.91 Å². The van der Waals surface area contributed by atoms with Crippen LogP contribution in [0.4, 0.5) is 5.69 Å². The number of amides is 1. The Morgan fingerprint density at radius 1 is 1.17 bits per heavy atom. The summed E-state index contributed by atoms with van der Waals surface area (Å²) < 4.78 is 1.03. The molecule has 0 spiro atoms. The second-order valence-electron chi connectivity index (χ2n) is 5.10. The fourth-order valence-electron chi connectivity index (χ4n) is 2.57. The van der Waals surface area contributed by atoms with E-state index in [0.29, 0.717) is 6.42 Å². The highest BCUT2D eigenvalue weighted by atomic mass is 79.9. The molecule has 0 unspecified atom stereocenters. The molecule has 0 saturated heterocycles. The summed E-state index contributed by atoms with van der Waals surface area (Å²) in [4.78, 5) is 11.8. The molecule has 1 aliphatic carbocycles. The molecule has 1 amide bonds. The van der Waals surface area contributed by atoms with Crippen molar-refractivity contribution >= 4 is 27.5 Å². The summed E-state index contributed by atoms with van der Waals surface area (Å²) in [5.74, 6) is 0.914. The molecule has 0 bridgehead atoms. The van der Waals surface area contributed by atoms with Crippen molar-refractivity contribution in [3.63, 3.8) is 0 Å². The van der Waals surface area contributed by atoms with Gasteiger partial charge in [-0.3, -0.25) is 4.79 Å². The lowest BCUT2D eigenvalue weighted by molar-refractivity contribution is -0.116. The third-order valence-corrected chi connectivity index (χ3v) is 4.16. The Morgan fingerprint density at radius 2 is 1.83 bits per heavy atom. The van der Waals surface area contributed by atoms with Crippen LogP contribution >= 0.6 is 15.9 Å². The van der Waals surface area contributed by atoms with Crippen molar-refractivity contribution in [2.75, 3.05) is 5.32 Å². The van der Waals surface area contributed by atoms with Crippen molar-refractivity contribution < 1.29 is 4.79 Å². The zero-order valence-electron chi connectivity index (χ0n) is 10.6. The van der Waals surface area contributed by atoms with Crippen LogP contribution in [0.25, 0.3) is 0 Å². The first-order valence-electron chi connectivity index (χ1n) is 6.79. The van der Waals surface area contributed by atoms with E-state index in [0.717, 1.165) is 22.5 Å². The topological polar surface area (TPSA) is 29.1 Å². The summed E-state index contributed by atoms with van der Waals surface area (Å²) in [6, 6.07) is 7.72. The quantitative estimate of drug-likeness (QED) is 0.854. The lowest BCUT2D eigenvalue weighted by Gasteiger charge is -2.20. The molecule has 0 atom stereocenters. The van der Waals surface area contributed by atoms with Crippen molar-refractivity contribution in [2.45, 2.75) is 44.9 Å². The van der Waals surface area contributed by atoms with Crippen molar-refractivity contribution in [1.29, 1.82) is 0 Å². The van der Waals surface area contributed by atoms with Gasteiger partial charge in [-0.1, -0.05) is 48.0 Å². The predicted molar refractivity (Wildman–Crippen MR) is 78.6 cm³/mol. The largest absolute Gasteiger partial charge is 0.326 e. The molecule has 0 heterocycles. The normalized spacial score (nSPS) is 16.5. The standard InChI is InChI=1S/C15H20BrNO/c16-13-7-9-14(10-8-13)17-15(18)11-6-12-4-2-1-3-5-12/h7-10,12H,1-6,11H2,(H,17,18). The lowest BCUT2D eigenvalue weighted by atomic mass is 9.86.